The smallest absolute Gasteiger partial charge is 0.196 e. The molecule has 0 fully saturated rings. The van der Waals surface area contributed by atoms with Gasteiger partial charge in [-0.3, -0.25) is 4.79 Å². The zero-order chi connectivity index (χ0) is 14.2. The van der Waals surface area contributed by atoms with Gasteiger partial charge in [-0.2, -0.15) is 0 Å². The van der Waals surface area contributed by atoms with Crippen molar-refractivity contribution in [3.63, 3.8) is 0 Å². The minimum atomic E-state index is -1.63. The van der Waals surface area contributed by atoms with Crippen LogP contribution in [0.1, 0.15) is 27.0 Å². The maximum atomic E-state index is 13.6. The Bertz CT molecular complexity index is 663. The van der Waals surface area contributed by atoms with Gasteiger partial charge >= 0.3 is 0 Å². The van der Waals surface area contributed by atoms with Gasteiger partial charge in [-0.15, -0.1) is 0 Å². The molecule has 0 atom stereocenters. The van der Waals surface area contributed by atoms with Gasteiger partial charge in [0.2, 0.25) is 0 Å². The van der Waals surface area contributed by atoms with Crippen LogP contribution < -0.4 is 0 Å². The van der Waals surface area contributed by atoms with E-state index < -0.39 is 28.8 Å². The minimum Gasteiger partial charge on any atom is -0.288 e. The summed E-state index contributed by atoms with van der Waals surface area (Å²) in [7, 11) is 0. The SMILES string of the molecule is Cc1cccc(C(=O)c2ccc(F)c(F)c2F)c1C. The maximum absolute atomic E-state index is 13.6. The highest BCUT2D eigenvalue weighted by Crippen LogP contribution is 2.21. The second-order valence-electron chi connectivity index (χ2n) is 4.30. The molecular weight excluding hydrogens is 253 g/mol. The number of carbonyl (C=O) groups excluding carboxylic acids is 1. The molecule has 0 spiro atoms. The van der Waals surface area contributed by atoms with Crippen molar-refractivity contribution in [1.29, 1.82) is 0 Å². The second-order valence-corrected chi connectivity index (χ2v) is 4.30. The molecule has 2 aromatic rings. The summed E-state index contributed by atoms with van der Waals surface area (Å²) in [6.07, 6.45) is 0. The number of rotatable bonds is 2. The molecule has 0 saturated heterocycles. The lowest BCUT2D eigenvalue weighted by molar-refractivity contribution is 0.103. The molecule has 0 saturated carbocycles. The van der Waals surface area contributed by atoms with Crippen molar-refractivity contribution in [2.45, 2.75) is 13.8 Å². The fraction of sp³-hybridized carbons (Fsp3) is 0.133. The molecule has 2 aromatic carbocycles. The van der Waals surface area contributed by atoms with E-state index in [-0.39, 0.29) is 5.56 Å². The molecule has 0 unspecified atom stereocenters. The van der Waals surface area contributed by atoms with Gasteiger partial charge in [0.05, 0.1) is 5.56 Å². The van der Waals surface area contributed by atoms with Crippen molar-refractivity contribution in [2.24, 2.45) is 0 Å². The second kappa shape index (κ2) is 4.88. The quantitative estimate of drug-likeness (QED) is 0.593. The highest BCUT2D eigenvalue weighted by molar-refractivity contribution is 6.10. The molecule has 0 aliphatic rings. The number of benzene rings is 2. The largest absolute Gasteiger partial charge is 0.288 e. The number of hydrogen-bond donors (Lipinski definition) is 0. The van der Waals surface area contributed by atoms with Crippen molar-refractivity contribution in [1.82, 2.24) is 0 Å². The number of ketones is 1. The van der Waals surface area contributed by atoms with Crippen LogP contribution in [0.3, 0.4) is 0 Å². The van der Waals surface area contributed by atoms with Gasteiger partial charge in [0, 0.05) is 5.56 Å². The Kier molecular flexibility index (Phi) is 3.42. The van der Waals surface area contributed by atoms with E-state index in [0.29, 0.717) is 5.56 Å². The lowest BCUT2D eigenvalue weighted by atomic mass is 9.96. The third kappa shape index (κ3) is 2.26. The first-order valence-electron chi connectivity index (χ1n) is 5.68. The van der Waals surface area contributed by atoms with Crippen LogP contribution in [0, 0.1) is 31.3 Å². The normalized spacial score (nSPS) is 10.6. The fourth-order valence-electron chi connectivity index (χ4n) is 1.84. The van der Waals surface area contributed by atoms with E-state index in [4.69, 9.17) is 0 Å². The minimum absolute atomic E-state index is 0.282. The Morgan fingerprint density at radius 3 is 2.26 bits per heavy atom. The van der Waals surface area contributed by atoms with E-state index in [1.807, 2.05) is 13.0 Å². The van der Waals surface area contributed by atoms with Crippen LogP contribution in [0.5, 0.6) is 0 Å². The number of halogens is 3. The Hall–Kier alpha value is -2.10. The van der Waals surface area contributed by atoms with Crippen LogP contribution >= 0.6 is 0 Å². The molecule has 0 aromatic heterocycles. The van der Waals surface area contributed by atoms with E-state index in [9.17, 15) is 18.0 Å². The average molecular weight is 264 g/mol. The molecule has 0 N–H and O–H groups in total. The third-order valence-electron chi connectivity index (χ3n) is 3.13. The van der Waals surface area contributed by atoms with Gasteiger partial charge in [-0.25, -0.2) is 13.2 Å². The standard InChI is InChI=1S/C15H11F3O/c1-8-4-3-5-10(9(8)2)15(19)11-6-7-12(16)14(18)13(11)17/h3-7H,1-2H3. The molecule has 0 radical (unpaired) electrons. The van der Waals surface area contributed by atoms with E-state index >= 15 is 0 Å². The van der Waals surface area contributed by atoms with Crippen LogP contribution in [0.4, 0.5) is 13.2 Å². The van der Waals surface area contributed by atoms with Crippen LogP contribution in [0.2, 0.25) is 0 Å². The number of hydrogen-bond acceptors (Lipinski definition) is 1. The fourth-order valence-corrected chi connectivity index (χ4v) is 1.84. The summed E-state index contributed by atoms with van der Waals surface area (Å²) in [5.74, 6) is -5.05. The molecule has 0 heterocycles. The van der Waals surface area contributed by atoms with Crippen molar-refractivity contribution in [2.75, 3.05) is 0 Å². The van der Waals surface area contributed by atoms with Crippen molar-refractivity contribution >= 4 is 5.78 Å². The van der Waals surface area contributed by atoms with E-state index in [1.54, 1.807) is 13.0 Å². The first-order chi connectivity index (χ1) is 8.93. The van der Waals surface area contributed by atoms with Crippen molar-refractivity contribution in [3.05, 3.63) is 70.0 Å². The first kappa shape index (κ1) is 13.3. The van der Waals surface area contributed by atoms with Crippen LogP contribution in [-0.4, -0.2) is 5.78 Å². The van der Waals surface area contributed by atoms with Gasteiger partial charge in [0.15, 0.2) is 23.2 Å². The van der Waals surface area contributed by atoms with Crippen LogP contribution in [0.15, 0.2) is 30.3 Å². The Morgan fingerprint density at radius 1 is 0.895 bits per heavy atom. The Morgan fingerprint density at radius 2 is 1.58 bits per heavy atom. The van der Waals surface area contributed by atoms with Crippen LogP contribution in [-0.2, 0) is 0 Å². The summed E-state index contributed by atoms with van der Waals surface area (Å²) in [6, 6.07) is 6.71. The highest BCUT2D eigenvalue weighted by Gasteiger charge is 2.21. The topological polar surface area (TPSA) is 17.1 Å². The highest BCUT2D eigenvalue weighted by atomic mass is 19.2. The Balaban J connectivity index is 2.57. The lowest BCUT2D eigenvalue weighted by Crippen LogP contribution is -2.09. The van der Waals surface area contributed by atoms with E-state index in [2.05, 4.69) is 0 Å². The summed E-state index contributed by atoms with van der Waals surface area (Å²) in [5, 5.41) is 0. The number of aryl methyl sites for hydroxylation is 1. The monoisotopic (exact) mass is 264 g/mol. The molecule has 0 aliphatic heterocycles. The average Bonchev–Trinajstić information content (AvgIpc) is 2.39. The van der Waals surface area contributed by atoms with E-state index in [1.165, 1.54) is 6.07 Å². The molecule has 2 rings (SSSR count). The van der Waals surface area contributed by atoms with Gasteiger partial charge in [0.1, 0.15) is 0 Å². The molecule has 98 valence electrons. The molecule has 0 amide bonds. The predicted octanol–water partition coefficient (Wildman–Crippen LogP) is 3.95. The molecule has 0 bridgehead atoms. The molecule has 0 aliphatic carbocycles. The predicted molar refractivity (Wildman–Crippen MR) is 65.7 cm³/mol. The van der Waals surface area contributed by atoms with Gasteiger partial charge in [0.25, 0.3) is 0 Å². The zero-order valence-corrected chi connectivity index (χ0v) is 10.4. The third-order valence-corrected chi connectivity index (χ3v) is 3.13. The van der Waals surface area contributed by atoms with Crippen molar-refractivity contribution < 1.29 is 18.0 Å². The molecule has 1 nitrogen and oxygen atoms in total. The van der Waals surface area contributed by atoms with Gasteiger partial charge in [-0.1, -0.05) is 18.2 Å². The molecular formula is C15H11F3O. The van der Waals surface area contributed by atoms with E-state index in [0.717, 1.165) is 17.7 Å². The number of carbonyl (C=O) groups is 1. The first-order valence-corrected chi connectivity index (χ1v) is 5.68. The molecule has 4 heteroatoms. The van der Waals surface area contributed by atoms with Crippen molar-refractivity contribution in [3.8, 4) is 0 Å². The Labute approximate surface area is 108 Å². The van der Waals surface area contributed by atoms with Gasteiger partial charge < -0.3 is 0 Å². The summed E-state index contributed by atoms with van der Waals surface area (Å²) in [6.45, 7) is 3.54. The van der Waals surface area contributed by atoms with Gasteiger partial charge in [-0.05, 0) is 37.1 Å². The van der Waals surface area contributed by atoms with Crippen LogP contribution in [0.25, 0.3) is 0 Å². The lowest BCUT2D eigenvalue weighted by Gasteiger charge is -2.08. The summed E-state index contributed by atoms with van der Waals surface area (Å²) >= 11 is 0. The molecule has 19 heavy (non-hydrogen) atoms. The summed E-state index contributed by atoms with van der Waals surface area (Å²) in [4.78, 5) is 12.2. The maximum Gasteiger partial charge on any atom is 0.196 e. The zero-order valence-electron chi connectivity index (χ0n) is 10.4. The summed E-state index contributed by atoms with van der Waals surface area (Å²) in [5.41, 5.74) is 1.38. The summed E-state index contributed by atoms with van der Waals surface area (Å²) < 4.78 is 39.6.